The molecule has 0 bridgehead atoms. The maximum Gasteiger partial charge on any atom is 0.253 e. The summed E-state index contributed by atoms with van der Waals surface area (Å²) in [6.07, 6.45) is 6.42. The number of rotatable bonds is 7. The zero-order chi connectivity index (χ0) is 18.8. The Morgan fingerprint density at radius 3 is 2.31 bits per heavy atom. The van der Waals surface area contributed by atoms with Gasteiger partial charge in [-0.15, -0.1) is 0 Å². The lowest BCUT2D eigenvalue weighted by molar-refractivity contribution is 0.0773. The van der Waals surface area contributed by atoms with Gasteiger partial charge in [-0.2, -0.15) is 0 Å². The number of nitrogens with zero attached hydrogens (tertiary/aromatic N) is 2. The molecule has 0 unspecified atom stereocenters. The Bertz CT molecular complexity index is 572. The maximum absolute atomic E-state index is 12.4. The molecular weight excluding hydrogens is 324 g/mol. The van der Waals surface area contributed by atoms with E-state index in [1.807, 2.05) is 43.0 Å². The SMILES string of the molecule is CCNC(=NCc1ccc(C(=O)N(CC)CC)cc1)NC1CCCCC1. The van der Waals surface area contributed by atoms with Crippen molar-refractivity contribution in [3.63, 3.8) is 0 Å². The molecule has 0 atom stereocenters. The minimum atomic E-state index is 0.0948. The van der Waals surface area contributed by atoms with Crippen molar-refractivity contribution in [2.45, 2.75) is 65.5 Å². The molecule has 0 heterocycles. The third-order valence-corrected chi connectivity index (χ3v) is 4.96. The number of carbonyl (C=O) groups excluding carboxylic acids is 1. The standard InChI is InChI=1S/C21H34N4O/c1-4-22-21(24-19-10-8-7-9-11-19)23-16-17-12-14-18(15-13-17)20(26)25(5-2)6-3/h12-15,19H,4-11,16H2,1-3H3,(H2,22,23,24). The summed E-state index contributed by atoms with van der Waals surface area (Å²) in [4.78, 5) is 18.9. The Labute approximate surface area is 158 Å². The molecule has 1 aliphatic rings. The predicted molar refractivity (Wildman–Crippen MR) is 109 cm³/mol. The summed E-state index contributed by atoms with van der Waals surface area (Å²) >= 11 is 0. The van der Waals surface area contributed by atoms with Crippen molar-refractivity contribution in [3.05, 3.63) is 35.4 Å². The van der Waals surface area contributed by atoms with Crippen LogP contribution < -0.4 is 10.6 Å². The fraction of sp³-hybridized carbons (Fsp3) is 0.619. The van der Waals surface area contributed by atoms with E-state index < -0.39 is 0 Å². The number of carbonyl (C=O) groups is 1. The van der Waals surface area contributed by atoms with E-state index in [1.54, 1.807) is 0 Å². The van der Waals surface area contributed by atoms with Crippen molar-refractivity contribution >= 4 is 11.9 Å². The molecule has 2 N–H and O–H groups in total. The molecule has 1 saturated carbocycles. The lowest BCUT2D eigenvalue weighted by Crippen LogP contribution is -2.44. The molecule has 0 aliphatic heterocycles. The zero-order valence-electron chi connectivity index (χ0n) is 16.6. The van der Waals surface area contributed by atoms with E-state index in [4.69, 9.17) is 4.99 Å². The van der Waals surface area contributed by atoms with Gasteiger partial charge in [-0.3, -0.25) is 4.79 Å². The summed E-state index contributed by atoms with van der Waals surface area (Å²) in [5, 5.41) is 6.90. The van der Waals surface area contributed by atoms with Crippen LogP contribution in [0.1, 0.15) is 68.8 Å². The lowest BCUT2D eigenvalue weighted by Gasteiger charge is -2.24. The van der Waals surface area contributed by atoms with Crippen LogP contribution >= 0.6 is 0 Å². The highest BCUT2D eigenvalue weighted by Gasteiger charge is 2.14. The van der Waals surface area contributed by atoms with Crippen LogP contribution in [0.15, 0.2) is 29.3 Å². The van der Waals surface area contributed by atoms with Gasteiger partial charge in [0.1, 0.15) is 0 Å². The van der Waals surface area contributed by atoms with Crippen molar-refractivity contribution in [2.75, 3.05) is 19.6 Å². The summed E-state index contributed by atoms with van der Waals surface area (Å²) in [6, 6.07) is 8.37. The molecular formula is C21H34N4O. The van der Waals surface area contributed by atoms with Gasteiger partial charge < -0.3 is 15.5 Å². The first-order valence-electron chi connectivity index (χ1n) is 10.1. The fourth-order valence-electron chi connectivity index (χ4n) is 3.38. The van der Waals surface area contributed by atoms with Crippen LogP contribution in [-0.2, 0) is 6.54 Å². The molecule has 0 spiro atoms. The second kappa shape index (κ2) is 10.8. The topological polar surface area (TPSA) is 56.7 Å². The normalized spacial score (nSPS) is 15.6. The van der Waals surface area contributed by atoms with E-state index in [1.165, 1.54) is 32.1 Å². The zero-order valence-corrected chi connectivity index (χ0v) is 16.6. The van der Waals surface area contributed by atoms with Crippen molar-refractivity contribution in [1.29, 1.82) is 0 Å². The Morgan fingerprint density at radius 1 is 1.08 bits per heavy atom. The lowest BCUT2D eigenvalue weighted by atomic mass is 9.96. The number of amides is 1. The van der Waals surface area contributed by atoms with E-state index >= 15 is 0 Å². The molecule has 1 aromatic carbocycles. The average molecular weight is 359 g/mol. The van der Waals surface area contributed by atoms with Gasteiger partial charge in [0.2, 0.25) is 0 Å². The first kappa shape index (κ1) is 20.3. The number of hydrogen-bond acceptors (Lipinski definition) is 2. The van der Waals surface area contributed by atoms with Gasteiger partial charge in [-0.25, -0.2) is 4.99 Å². The summed E-state index contributed by atoms with van der Waals surface area (Å²) in [7, 11) is 0. The van der Waals surface area contributed by atoms with E-state index in [-0.39, 0.29) is 5.91 Å². The Balaban J connectivity index is 1.96. The number of nitrogens with one attached hydrogen (secondary N) is 2. The quantitative estimate of drug-likeness (QED) is 0.579. The molecule has 144 valence electrons. The van der Waals surface area contributed by atoms with Gasteiger partial charge in [0.05, 0.1) is 6.54 Å². The maximum atomic E-state index is 12.4. The second-order valence-corrected chi connectivity index (χ2v) is 6.85. The minimum Gasteiger partial charge on any atom is -0.357 e. The first-order chi connectivity index (χ1) is 12.7. The number of benzene rings is 1. The van der Waals surface area contributed by atoms with Crippen LogP contribution in [0, 0.1) is 0 Å². The monoisotopic (exact) mass is 358 g/mol. The molecule has 2 rings (SSSR count). The van der Waals surface area contributed by atoms with Gasteiger partial charge in [-0.1, -0.05) is 31.4 Å². The van der Waals surface area contributed by atoms with Crippen LogP contribution in [0.3, 0.4) is 0 Å². The van der Waals surface area contributed by atoms with Crippen LogP contribution in [0.25, 0.3) is 0 Å². The summed E-state index contributed by atoms with van der Waals surface area (Å²) < 4.78 is 0. The van der Waals surface area contributed by atoms with Crippen LogP contribution in [-0.4, -0.2) is 42.4 Å². The number of guanidine groups is 1. The Kier molecular flexibility index (Phi) is 8.45. The van der Waals surface area contributed by atoms with Gasteiger partial charge in [0, 0.05) is 31.2 Å². The Hall–Kier alpha value is -2.04. The molecule has 26 heavy (non-hydrogen) atoms. The summed E-state index contributed by atoms with van der Waals surface area (Å²) in [6.45, 7) is 9.04. The number of aliphatic imine (C=N–C) groups is 1. The fourth-order valence-corrected chi connectivity index (χ4v) is 3.38. The van der Waals surface area contributed by atoms with Crippen molar-refractivity contribution in [3.8, 4) is 0 Å². The first-order valence-corrected chi connectivity index (χ1v) is 10.1. The van der Waals surface area contributed by atoms with Crippen LogP contribution in [0.2, 0.25) is 0 Å². The third kappa shape index (κ3) is 6.04. The summed E-state index contributed by atoms with van der Waals surface area (Å²) in [5.41, 5.74) is 1.86. The van der Waals surface area contributed by atoms with Crippen molar-refractivity contribution in [2.24, 2.45) is 4.99 Å². The van der Waals surface area contributed by atoms with E-state index in [0.717, 1.165) is 36.7 Å². The highest BCUT2D eigenvalue weighted by molar-refractivity contribution is 5.94. The van der Waals surface area contributed by atoms with Gasteiger partial charge in [-0.05, 0) is 51.3 Å². The van der Waals surface area contributed by atoms with E-state index in [2.05, 4.69) is 17.6 Å². The van der Waals surface area contributed by atoms with E-state index in [9.17, 15) is 4.79 Å². The minimum absolute atomic E-state index is 0.0948. The van der Waals surface area contributed by atoms with Gasteiger partial charge in [0.25, 0.3) is 5.91 Å². The van der Waals surface area contributed by atoms with Gasteiger partial charge >= 0.3 is 0 Å². The molecule has 1 aromatic rings. The van der Waals surface area contributed by atoms with Crippen LogP contribution in [0.5, 0.6) is 0 Å². The molecule has 5 nitrogen and oxygen atoms in total. The highest BCUT2D eigenvalue weighted by atomic mass is 16.2. The molecule has 1 amide bonds. The Morgan fingerprint density at radius 2 is 1.73 bits per heavy atom. The molecule has 0 saturated heterocycles. The van der Waals surface area contributed by atoms with Crippen molar-refractivity contribution < 1.29 is 4.79 Å². The van der Waals surface area contributed by atoms with E-state index in [0.29, 0.717) is 12.6 Å². The van der Waals surface area contributed by atoms with Crippen molar-refractivity contribution in [1.82, 2.24) is 15.5 Å². The molecule has 0 aromatic heterocycles. The smallest absolute Gasteiger partial charge is 0.253 e. The average Bonchev–Trinajstić information content (AvgIpc) is 2.68. The molecule has 0 radical (unpaired) electrons. The number of hydrogen-bond donors (Lipinski definition) is 2. The van der Waals surface area contributed by atoms with Crippen LogP contribution in [0.4, 0.5) is 0 Å². The summed E-state index contributed by atoms with van der Waals surface area (Å²) in [5.74, 6) is 0.986. The predicted octanol–water partition coefficient (Wildman–Crippen LogP) is 3.56. The molecule has 5 heteroatoms. The molecule has 1 aliphatic carbocycles. The van der Waals surface area contributed by atoms with Gasteiger partial charge in [0.15, 0.2) is 5.96 Å². The highest BCUT2D eigenvalue weighted by Crippen LogP contribution is 2.17. The largest absolute Gasteiger partial charge is 0.357 e. The second-order valence-electron chi connectivity index (χ2n) is 6.85. The molecule has 1 fully saturated rings. The third-order valence-electron chi connectivity index (χ3n) is 4.96.